The van der Waals surface area contributed by atoms with Crippen molar-refractivity contribution in [2.24, 2.45) is 22.2 Å². The molecule has 218 valence electrons. The van der Waals surface area contributed by atoms with Gasteiger partial charge in [0.2, 0.25) is 0 Å². The van der Waals surface area contributed by atoms with Gasteiger partial charge in [-0.3, -0.25) is 19.2 Å². The maximum absolute atomic E-state index is 13.9. The van der Waals surface area contributed by atoms with Gasteiger partial charge in [-0.25, -0.2) is 0 Å². The van der Waals surface area contributed by atoms with E-state index in [0.717, 1.165) is 82.8 Å². The van der Waals surface area contributed by atoms with Gasteiger partial charge in [0, 0.05) is 28.6 Å². The number of hydrogen-bond donors (Lipinski definition) is 4. The maximum atomic E-state index is 13.9. The zero-order valence-corrected chi connectivity index (χ0v) is 23.6. The minimum atomic E-state index is -2.16. The van der Waals surface area contributed by atoms with Crippen LogP contribution in [0, 0.1) is 22.2 Å². The number of rotatable bonds is 4. The Bertz CT molecular complexity index is 2680. The summed E-state index contributed by atoms with van der Waals surface area (Å²) in [6.07, 6.45) is 2.76. The molecule has 10 aliphatic rings. The first-order chi connectivity index (χ1) is 22.1. The van der Waals surface area contributed by atoms with E-state index in [-0.39, 0.29) is 12.3 Å². The molecule has 0 heterocycles. The van der Waals surface area contributed by atoms with E-state index < -0.39 is 62.8 Å². The number of hydrogen-bond acceptors (Lipinski definition) is 4. The van der Waals surface area contributed by atoms with Gasteiger partial charge in [-0.1, -0.05) is 48.0 Å². The van der Waals surface area contributed by atoms with Gasteiger partial charge in [-0.05, 0) is 101 Å². The molecule has 14 rings (SSSR count). The number of aliphatic carboxylic acids is 4. The first kappa shape index (κ1) is 22.3. The van der Waals surface area contributed by atoms with Crippen molar-refractivity contribution in [2.75, 3.05) is 0 Å². The summed E-state index contributed by atoms with van der Waals surface area (Å²) in [5.41, 5.74) is 3.09. The summed E-state index contributed by atoms with van der Waals surface area (Å²) >= 11 is 0. The number of fused-ring (bicyclic) bond motifs is 1. The SMILES string of the molecule is O=C(O)C1(C(=O)O)C2c3ccc4c5c3C3=C6c7c(cc8ccc9cc%10c%11c%12c9c8c7C%12C3C53C(C(=O)O)(C(=O)O)C%113C(=C4)C%10)CC621. The standard InChI is InChI=1S/C38H18O8/c39-30(40)35(31(41)42)29-16-4-3-12-7-15-8-13-5-10-1-2-11-6-14-9-34(29,35)27-19(14)21-17(11)18(10)22-23(21)28-24(27)20(16)25(12)37(28)36(15,26(13)22)38(37,32(43)44)33(45)46/h1-7,23,28-29H,8-9H2,(H,39,40)(H,41,42)(H,43,44)(H,45,46). The second-order valence-electron chi connectivity index (χ2n) is 15.4. The zero-order chi connectivity index (χ0) is 30.7. The number of allylic oxidation sites excluding steroid dienone is 3. The van der Waals surface area contributed by atoms with Gasteiger partial charge in [-0.15, -0.1) is 0 Å². The lowest BCUT2D eigenvalue weighted by molar-refractivity contribution is -0.160. The molecule has 2 fully saturated rings. The smallest absolute Gasteiger partial charge is 0.323 e. The summed E-state index contributed by atoms with van der Waals surface area (Å²) in [5.74, 6) is -7.11. The number of carboxylic acids is 4. The van der Waals surface area contributed by atoms with E-state index in [4.69, 9.17) is 0 Å². The largest absolute Gasteiger partial charge is 0.480 e. The van der Waals surface area contributed by atoms with Crippen LogP contribution in [0.3, 0.4) is 0 Å². The average Bonchev–Trinajstić information content (AvgIpc) is 3.45. The second kappa shape index (κ2) is 5.34. The van der Waals surface area contributed by atoms with Gasteiger partial charge < -0.3 is 20.4 Å². The molecule has 0 radical (unpaired) electrons. The Morgan fingerprint density at radius 3 is 2.15 bits per heavy atom. The van der Waals surface area contributed by atoms with Crippen molar-refractivity contribution in [3.05, 3.63) is 97.6 Å². The molecule has 8 nitrogen and oxygen atoms in total. The van der Waals surface area contributed by atoms with Crippen LogP contribution >= 0.6 is 0 Å². The van der Waals surface area contributed by atoms with E-state index in [9.17, 15) is 39.6 Å². The van der Waals surface area contributed by atoms with Crippen molar-refractivity contribution in [2.45, 2.75) is 35.5 Å². The van der Waals surface area contributed by atoms with Crippen LogP contribution in [0.5, 0.6) is 0 Å². The van der Waals surface area contributed by atoms with E-state index in [1.165, 1.54) is 0 Å². The molecule has 0 bridgehead atoms. The highest BCUT2D eigenvalue weighted by Gasteiger charge is 3.04. The minimum absolute atomic E-state index is 0.264. The lowest BCUT2D eigenvalue weighted by Crippen LogP contribution is -2.40. The van der Waals surface area contributed by atoms with Gasteiger partial charge in [-0.2, -0.15) is 0 Å². The molecule has 4 aromatic rings. The van der Waals surface area contributed by atoms with Crippen molar-refractivity contribution >= 4 is 62.6 Å². The molecule has 4 N–H and O–H groups in total. The molecule has 8 heteroatoms. The quantitative estimate of drug-likeness (QED) is 0.198. The van der Waals surface area contributed by atoms with Crippen molar-refractivity contribution in [1.29, 1.82) is 0 Å². The minimum Gasteiger partial charge on any atom is -0.480 e. The van der Waals surface area contributed by atoms with Gasteiger partial charge >= 0.3 is 23.9 Å². The van der Waals surface area contributed by atoms with Gasteiger partial charge in [0.05, 0.1) is 5.41 Å². The third-order valence-corrected chi connectivity index (χ3v) is 15.2. The first-order valence-electron chi connectivity index (χ1n) is 15.8. The molecule has 6 unspecified atom stereocenters. The fraction of sp³-hybridized carbons (Fsp3) is 0.263. The summed E-state index contributed by atoms with van der Waals surface area (Å²) in [4.78, 5) is 54.6. The molecule has 0 saturated heterocycles. The molecule has 10 aliphatic carbocycles. The molecular weight excluding hydrogens is 584 g/mol. The monoisotopic (exact) mass is 602 g/mol. The fourth-order valence-corrected chi connectivity index (χ4v) is 14.8. The van der Waals surface area contributed by atoms with Crippen LogP contribution in [0.4, 0.5) is 0 Å². The summed E-state index contributed by atoms with van der Waals surface area (Å²) in [6, 6.07) is 12.2. The van der Waals surface area contributed by atoms with Crippen LogP contribution in [0.15, 0.2) is 42.0 Å². The van der Waals surface area contributed by atoms with Gasteiger partial charge in [0.25, 0.3) is 0 Å². The van der Waals surface area contributed by atoms with Crippen LogP contribution in [-0.2, 0) is 42.8 Å². The first-order valence-corrected chi connectivity index (χ1v) is 15.8. The van der Waals surface area contributed by atoms with E-state index in [1.54, 1.807) is 0 Å². The Morgan fingerprint density at radius 2 is 1.46 bits per heavy atom. The topological polar surface area (TPSA) is 149 Å². The highest BCUT2D eigenvalue weighted by atomic mass is 16.4. The molecular formula is C38H18O8. The van der Waals surface area contributed by atoms with E-state index in [0.29, 0.717) is 17.5 Å². The van der Waals surface area contributed by atoms with Gasteiger partial charge in [0.15, 0.2) is 10.8 Å². The number of benzene rings is 4. The Morgan fingerprint density at radius 1 is 0.761 bits per heavy atom. The Labute approximate surface area is 257 Å². The second-order valence-corrected chi connectivity index (χ2v) is 15.4. The van der Waals surface area contributed by atoms with E-state index in [2.05, 4.69) is 24.3 Å². The predicted molar refractivity (Wildman–Crippen MR) is 159 cm³/mol. The zero-order valence-electron chi connectivity index (χ0n) is 23.6. The highest BCUT2D eigenvalue weighted by molar-refractivity contribution is 6.28. The van der Waals surface area contributed by atoms with Crippen LogP contribution in [0.25, 0.3) is 38.8 Å². The lowest BCUT2D eigenvalue weighted by Gasteiger charge is -2.43. The number of carbonyl (C=O) groups is 4. The molecule has 4 aromatic carbocycles. The molecule has 46 heavy (non-hydrogen) atoms. The molecule has 0 aromatic heterocycles. The predicted octanol–water partition coefficient (Wildman–Crippen LogP) is 4.41. The van der Waals surface area contributed by atoms with Crippen LogP contribution in [-0.4, -0.2) is 44.3 Å². The normalized spacial score (nSPS) is 35.9. The third-order valence-electron chi connectivity index (χ3n) is 15.2. The van der Waals surface area contributed by atoms with E-state index >= 15 is 0 Å². The van der Waals surface area contributed by atoms with Crippen molar-refractivity contribution in [1.82, 2.24) is 0 Å². The van der Waals surface area contributed by atoms with Crippen LogP contribution in [0.2, 0.25) is 0 Å². The fourth-order valence-electron chi connectivity index (χ4n) is 14.8. The van der Waals surface area contributed by atoms with Crippen LogP contribution < -0.4 is 0 Å². The Hall–Kier alpha value is -5.24. The third kappa shape index (κ3) is 1.33. The average molecular weight is 603 g/mol. The number of carboxylic acid groups (broad SMARTS) is 4. The summed E-state index contributed by atoms with van der Waals surface area (Å²) in [5, 5.41) is 48.7. The summed E-state index contributed by atoms with van der Waals surface area (Å²) in [6.45, 7) is 0. The maximum Gasteiger partial charge on any atom is 0.323 e. The molecule has 6 atom stereocenters. The Kier molecular flexibility index (Phi) is 2.59. The van der Waals surface area contributed by atoms with Gasteiger partial charge in [0.1, 0.15) is 0 Å². The van der Waals surface area contributed by atoms with Crippen molar-refractivity contribution < 1.29 is 39.6 Å². The highest BCUT2D eigenvalue weighted by Crippen LogP contribution is 2.99. The lowest BCUT2D eigenvalue weighted by atomic mass is 9.57. The summed E-state index contributed by atoms with van der Waals surface area (Å²) < 4.78 is 0. The van der Waals surface area contributed by atoms with Crippen molar-refractivity contribution in [3.63, 3.8) is 0 Å². The molecule has 3 spiro atoms. The molecule has 2 saturated carbocycles. The molecule has 0 amide bonds. The van der Waals surface area contributed by atoms with E-state index in [1.807, 2.05) is 18.2 Å². The van der Waals surface area contributed by atoms with Crippen molar-refractivity contribution in [3.8, 4) is 0 Å². The summed E-state index contributed by atoms with van der Waals surface area (Å²) in [7, 11) is 0. The Balaban J connectivity index is 1.33. The molecule has 0 aliphatic heterocycles. The van der Waals surface area contributed by atoms with Crippen LogP contribution in [0.1, 0.15) is 67.5 Å².